The number of carboxylic acids is 1. The van der Waals surface area contributed by atoms with Gasteiger partial charge < -0.3 is 14.6 Å². The maximum atomic E-state index is 12.3. The molecule has 1 aromatic carbocycles. The Bertz CT molecular complexity index is 604. The van der Waals surface area contributed by atoms with Gasteiger partial charge in [-0.3, -0.25) is 0 Å². The Kier molecular flexibility index (Phi) is 6.41. The van der Waals surface area contributed by atoms with E-state index >= 15 is 0 Å². The van der Waals surface area contributed by atoms with E-state index in [4.69, 9.17) is 26.2 Å². The van der Waals surface area contributed by atoms with Crippen molar-refractivity contribution in [1.29, 1.82) is 0 Å². The average Bonchev–Trinajstić information content (AvgIpc) is 2.42. The fourth-order valence-corrected chi connectivity index (χ4v) is 3.12. The Morgan fingerprint density at radius 2 is 2.10 bits per heavy atom. The van der Waals surface area contributed by atoms with E-state index in [-0.39, 0.29) is 23.1 Å². The molecule has 0 saturated carbocycles. The number of nitrogens with zero attached hydrogens (tertiary/aromatic N) is 1. The highest BCUT2D eigenvalue weighted by molar-refractivity contribution is 7.89. The molecule has 0 saturated heterocycles. The number of aliphatic carboxylic acids is 1. The monoisotopic (exact) mass is 337 g/mol. The minimum atomic E-state index is -3.78. The number of hydrogen-bond donors (Lipinski definition) is 1. The van der Waals surface area contributed by atoms with Crippen molar-refractivity contribution in [2.75, 3.05) is 33.9 Å². The number of likely N-dealkylation sites (N-methyl/N-ethyl adjacent to an activating group) is 1. The number of halogens is 1. The van der Waals surface area contributed by atoms with Crippen LogP contribution in [0.2, 0.25) is 5.02 Å². The molecule has 1 N–H and O–H groups in total. The molecule has 0 aliphatic carbocycles. The highest BCUT2D eigenvalue weighted by Crippen LogP contribution is 2.27. The standard InChI is InChI=1S/C12H16ClNO6S/c1-14(5-6-20-8-12(15)16)21(17,18)11-4-3-9(19-2)7-10(11)13/h3-4,7H,5-6,8H2,1-2H3,(H,15,16). The zero-order valence-corrected chi connectivity index (χ0v) is 13.1. The van der Waals surface area contributed by atoms with Crippen LogP contribution in [-0.2, 0) is 19.6 Å². The number of methoxy groups -OCH3 is 1. The Hall–Kier alpha value is -1.35. The molecule has 0 aliphatic rings. The number of hydrogen-bond acceptors (Lipinski definition) is 5. The van der Waals surface area contributed by atoms with Crippen LogP contribution in [0.25, 0.3) is 0 Å². The summed E-state index contributed by atoms with van der Waals surface area (Å²) < 4.78 is 35.4. The highest BCUT2D eigenvalue weighted by Gasteiger charge is 2.23. The van der Waals surface area contributed by atoms with Crippen LogP contribution >= 0.6 is 11.6 Å². The molecular weight excluding hydrogens is 322 g/mol. The molecule has 0 spiro atoms. The van der Waals surface area contributed by atoms with Crippen molar-refractivity contribution in [1.82, 2.24) is 4.31 Å². The number of benzene rings is 1. The van der Waals surface area contributed by atoms with E-state index in [2.05, 4.69) is 0 Å². The second kappa shape index (κ2) is 7.60. The minimum Gasteiger partial charge on any atom is -0.497 e. The van der Waals surface area contributed by atoms with Crippen LogP contribution in [0.5, 0.6) is 5.75 Å². The third-order valence-corrected chi connectivity index (χ3v) is 4.94. The van der Waals surface area contributed by atoms with Crippen molar-refractivity contribution in [3.05, 3.63) is 23.2 Å². The molecule has 0 atom stereocenters. The summed E-state index contributed by atoms with van der Waals surface area (Å²) in [5, 5.41) is 8.46. The van der Waals surface area contributed by atoms with Gasteiger partial charge in [0.2, 0.25) is 10.0 Å². The van der Waals surface area contributed by atoms with E-state index in [1.54, 1.807) is 0 Å². The average molecular weight is 338 g/mol. The zero-order chi connectivity index (χ0) is 16.0. The lowest BCUT2D eigenvalue weighted by molar-refractivity contribution is -0.142. The number of ether oxygens (including phenoxy) is 2. The molecule has 0 fully saturated rings. The van der Waals surface area contributed by atoms with Gasteiger partial charge >= 0.3 is 5.97 Å². The summed E-state index contributed by atoms with van der Waals surface area (Å²) in [6.07, 6.45) is 0. The van der Waals surface area contributed by atoms with Crippen LogP contribution in [0, 0.1) is 0 Å². The van der Waals surface area contributed by atoms with E-state index in [9.17, 15) is 13.2 Å². The van der Waals surface area contributed by atoms with Gasteiger partial charge in [0, 0.05) is 19.7 Å². The summed E-state index contributed by atoms with van der Waals surface area (Å²) in [6, 6.07) is 4.25. The number of sulfonamides is 1. The zero-order valence-electron chi connectivity index (χ0n) is 11.6. The summed E-state index contributed by atoms with van der Waals surface area (Å²) in [7, 11) is -0.966. The smallest absolute Gasteiger partial charge is 0.329 e. The van der Waals surface area contributed by atoms with Gasteiger partial charge in [0.1, 0.15) is 17.3 Å². The first-order valence-corrected chi connectivity index (χ1v) is 7.70. The predicted molar refractivity (Wildman–Crippen MR) is 76.3 cm³/mol. The van der Waals surface area contributed by atoms with Crippen LogP contribution in [0.15, 0.2) is 23.1 Å². The third kappa shape index (κ3) is 4.85. The molecule has 0 heterocycles. The van der Waals surface area contributed by atoms with Crippen molar-refractivity contribution >= 4 is 27.6 Å². The van der Waals surface area contributed by atoms with Crippen LogP contribution in [0.3, 0.4) is 0 Å². The molecule has 0 aliphatic heterocycles. The molecule has 0 bridgehead atoms. The number of rotatable bonds is 8. The molecule has 0 radical (unpaired) electrons. The van der Waals surface area contributed by atoms with Crippen LogP contribution < -0.4 is 4.74 Å². The maximum absolute atomic E-state index is 12.3. The van der Waals surface area contributed by atoms with Gasteiger partial charge in [-0.1, -0.05) is 11.6 Å². The molecule has 118 valence electrons. The van der Waals surface area contributed by atoms with Crippen molar-refractivity contribution in [3.8, 4) is 5.75 Å². The quantitative estimate of drug-likeness (QED) is 0.713. The van der Waals surface area contributed by atoms with E-state index in [1.807, 2.05) is 0 Å². The van der Waals surface area contributed by atoms with Gasteiger partial charge in [-0.25, -0.2) is 13.2 Å². The van der Waals surface area contributed by atoms with Crippen molar-refractivity contribution in [2.24, 2.45) is 0 Å². The summed E-state index contributed by atoms with van der Waals surface area (Å²) in [6.45, 7) is -0.495. The second-order valence-corrected chi connectivity index (χ2v) is 6.49. The molecule has 0 amide bonds. The first-order chi connectivity index (χ1) is 9.78. The number of carboxylic acid groups (broad SMARTS) is 1. The summed E-state index contributed by atoms with van der Waals surface area (Å²) >= 11 is 5.94. The molecule has 21 heavy (non-hydrogen) atoms. The third-order valence-electron chi connectivity index (χ3n) is 2.60. The topological polar surface area (TPSA) is 93.1 Å². The van der Waals surface area contributed by atoms with Crippen molar-refractivity contribution in [3.63, 3.8) is 0 Å². The van der Waals surface area contributed by atoms with Crippen LogP contribution in [0.1, 0.15) is 0 Å². The molecule has 0 aromatic heterocycles. The molecule has 0 unspecified atom stereocenters. The van der Waals surface area contributed by atoms with Crippen molar-refractivity contribution in [2.45, 2.75) is 4.90 Å². The van der Waals surface area contributed by atoms with E-state index < -0.39 is 22.6 Å². The first-order valence-electron chi connectivity index (χ1n) is 5.88. The van der Waals surface area contributed by atoms with Gasteiger partial charge in [-0.15, -0.1) is 0 Å². The second-order valence-electron chi connectivity index (χ2n) is 4.07. The van der Waals surface area contributed by atoms with Gasteiger partial charge in [0.05, 0.1) is 18.7 Å². The SMILES string of the molecule is COc1ccc(S(=O)(=O)N(C)CCOCC(=O)O)c(Cl)c1. The van der Waals surface area contributed by atoms with Crippen LogP contribution in [0.4, 0.5) is 0 Å². The van der Waals surface area contributed by atoms with E-state index in [0.29, 0.717) is 5.75 Å². The number of carbonyl (C=O) groups is 1. The molecule has 1 aromatic rings. The summed E-state index contributed by atoms with van der Waals surface area (Å²) in [4.78, 5) is 10.2. The van der Waals surface area contributed by atoms with Gasteiger partial charge in [0.15, 0.2) is 0 Å². The largest absolute Gasteiger partial charge is 0.497 e. The fraction of sp³-hybridized carbons (Fsp3) is 0.417. The van der Waals surface area contributed by atoms with Gasteiger partial charge in [-0.2, -0.15) is 4.31 Å². The van der Waals surface area contributed by atoms with Crippen LogP contribution in [-0.4, -0.2) is 57.7 Å². The predicted octanol–water partition coefficient (Wildman–Crippen LogP) is 1.07. The Labute approximate surface area is 128 Å². The molecule has 7 nitrogen and oxygen atoms in total. The Morgan fingerprint density at radius 3 is 2.62 bits per heavy atom. The Morgan fingerprint density at radius 1 is 1.43 bits per heavy atom. The lowest BCUT2D eigenvalue weighted by atomic mass is 10.3. The maximum Gasteiger partial charge on any atom is 0.329 e. The first kappa shape index (κ1) is 17.7. The highest BCUT2D eigenvalue weighted by atomic mass is 35.5. The van der Waals surface area contributed by atoms with Crippen molar-refractivity contribution < 1.29 is 27.8 Å². The Balaban J connectivity index is 2.78. The fourth-order valence-electron chi connectivity index (χ4n) is 1.46. The molecule has 9 heteroatoms. The summed E-state index contributed by atoms with van der Waals surface area (Å²) in [5.41, 5.74) is 0. The van der Waals surface area contributed by atoms with E-state index in [0.717, 1.165) is 4.31 Å². The van der Waals surface area contributed by atoms with E-state index in [1.165, 1.54) is 32.4 Å². The normalized spacial score (nSPS) is 11.6. The lowest BCUT2D eigenvalue weighted by Gasteiger charge is -2.18. The minimum absolute atomic E-state index is 0.0119. The lowest BCUT2D eigenvalue weighted by Crippen LogP contribution is -2.31. The van der Waals surface area contributed by atoms with Gasteiger partial charge in [0.25, 0.3) is 0 Å². The van der Waals surface area contributed by atoms with Gasteiger partial charge in [-0.05, 0) is 12.1 Å². The molecule has 1 rings (SSSR count). The summed E-state index contributed by atoms with van der Waals surface area (Å²) in [5.74, 6) is -0.662. The molecular formula is C12H16ClNO6S.